The Kier molecular flexibility index (Phi) is 8.50. The molecule has 0 amide bonds. The van der Waals surface area contributed by atoms with Crippen LogP contribution in [-0.2, 0) is 21.7 Å². The third-order valence-corrected chi connectivity index (χ3v) is 2.86. The van der Waals surface area contributed by atoms with Crippen molar-refractivity contribution in [3.05, 3.63) is 30.3 Å². The smallest absolute Gasteiger partial charge is 0.0665 e. The predicted molar refractivity (Wildman–Crippen MR) is 62.4 cm³/mol. The van der Waals surface area contributed by atoms with E-state index in [4.69, 9.17) is 0 Å². The van der Waals surface area contributed by atoms with E-state index in [9.17, 15) is 5.11 Å². The summed E-state index contributed by atoms with van der Waals surface area (Å²) in [5.74, 6) is 0. The topological polar surface area (TPSA) is 20.2 Å². The van der Waals surface area contributed by atoms with Gasteiger partial charge in [0.05, 0.1) is 5.60 Å². The quantitative estimate of drug-likeness (QED) is 0.590. The Morgan fingerprint density at radius 3 is 1.53 bits per heavy atom. The Morgan fingerprint density at radius 1 is 1.07 bits per heavy atom. The van der Waals surface area contributed by atoms with Gasteiger partial charge in [-0.1, -0.05) is 27.7 Å². The summed E-state index contributed by atoms with van der Waals surface area (Å²) < 4.78 is 0. The molecule has 0 aliphatic rings. The Morgan fingerprint density at radius 2 is 1.47 bits per heavy atom. The van der Waals surface area contributed by atoms with Gasteiger partial charge in [0.1, 0.15) is 0 Å². The Hall–Kier alpha value is 0.0243. The molecule has 0 saturated carbocycles. The molecule has 1 atom stereocenters. The van der Waals surface area contributed by atoms with Gasteiger partial charge < -0.3 is 5.11 Å². The van der Waals surface area contributed by atoms with E-state index in [1.54, 1.807) is 0 Å². The predicted octanol–water partition coefficient (Wildman–Crippen LogP) is 3.60. The molecule has 1 aromatic rings. The van der Waals surface area contributed by atoms with Gasteiger partial charge in [0.2, 0.25) is 0 Å². The van der Waals surface area contributed by atoms with Gasteiger partial charge in [-0.3, -0.25) is 0 Å². The Labute approximate surface area is 109 Å². The van der Waals surface area contributed by atoms with E-state index in [0.29, 0.717) is 0 Å². The minimum atomic E-state index is -0.521. The van der Waals surface area contributed by atoms with Gasteiger partial charge in [0.25, 0.3) is 0 Å². The molecule has 1 nitrogen and oxygen atoms in total. The van der Waals surface area contributed by atoms with Gasteiger partial charge in [-0.25, -0.2) is 12.1 Å². The molecule has 0 bridgehead atoms. The molecule has 15 heavy (non-hydrogen) atoms. The van der Waals surface area contributed by atoms with Gasteiger partial charge in [-0.2, -0.15) is 18.2 Å². The molecule has 86 valence electrons. The van der Waals surface area contributed by atoms with E-state index in [1.807, 2.05) is 44.2 Å². The molecular formula is C13H23OTi-. The second-order valence-corrected chi connectivity index (χ2v) is 4.84. The van der Waals surface area contributed by atoms with Crippen LogP contribution in [0.15, 0.2) is 30.3 Å². The van der Waals surface area contributed by atoms with Crippen molar-refractivity contribution in [2.75, 3.05) is 0 Å². The second-order valence-electron chi connectivity index (χ2n) is 4.84. The Balaban J connectivity index is 0. The van der Waals surface area contributed by atoms with Crippen LogP contribution in [0.4, 0.5) is 0 Å². The van der Waals surface area contributed by atoms with Crippen molar-refractivity contribution in [3.63, 3.8) is 0 Å². The zero-order valence-corrected chi connectivity index (χ0v) is 12.1. The van der Waals surface area contributed by atoms with Crippen molar-refractivity contribution in [2.45, 2.75) is 46.6 Å². The molecule has 2 heteroatoms. The molecule has 0 aliphatic carbocycles. The maximum atomic E-state index is 9.66. The van der Waals surface area contributed by atoms with Crippen LogP contribution in [0.3, 0.4) is 0 Å². The van der Waals surface area contributed by atoms with Crippen molar-refractivity contribution < 1.29 is 26.8 Å². The van der Waals surface area contributed by atoms with Crippen molar-refractivity contribution in [1.82, 2.24) is 0 Å². The van der Waals surface area contributed by atoms with E-state index in [0.717, 1.165) is 6.42 Å². The molecular weight excluding hydrogens is 220 g/mol. The van der Waals surface area contributed by atoms with E-state index in [-0.39, 0.29) is 27.1 Å². The van der Waals surface area contributed by atoms with E-state index in [2.05, 4.69) is 20.8 Å². The molecule has 0 aromatic heterocycles. The molecule has 1 aromatic carbocycles. The third kappa shape index (κ3) is 7.00. The summed E-state index contributed by atoms with van der Waals surface area (Å²) in [4.78, 5) is 0. The maximum Gasteiger partial charge on any atom is 0.0665 e. The van der Waals surface area contributed by atoms with E-state index in [1.165, 1.54) is 0 Å². The van der Waals surface area contributed by atoms with Crippen LogP contribution >= 0.6 is 0 Å². The van der Waals surface area contributed by atoms with Gasteiger partial charge >= 0.3 is 0 Å². The summed E-state index contributed by atoms with van der Waals surface area (Å²) in [6, 6.07) is 10.0. The van der Waals surface area contributed by atoms with Crippen molar-refractivity contribution >= 4 is 0 Å². The van der Waals surface area contributed by atoms with Crippen LogP contribution in [0.2, 0.25) is 0 Å². The fraction of sp³-hybridized carbons (Fsp3) is 0.615. The minimum Gasteiger partial charge on any atom is -0.390 e. The summed E-state index contributed by atoms with van der Waals surface area (Å²) in [5, 5.41) is 9.66. The maximum absolute atomic E-state index is 9.66. The average Bonchev–Trinajstić information content (AvgIpc) is 2.59. The van der Waals surface area contributed by atoms with E-state index >= 15 is 0 Å². The average molecular weight is 243 g/mol. The van der Waals surface area contributed by atoms with Crippen LogP contribution in [0, 0.1) is 5.41 Å². The van der Waals surface area contributed by atoms with Gasteiger partial charge in [-0.15, -0.1) is 0 Å². The first kappa shape index (κ1) is 17.4. The van der Waals surface area contributed by atoms with Crippen LogP contribution in [-0.4, -0.2) is 10.7 Å². The summed E-state index contributed by atoms with van der Waals surface area (Å²) in [6.45, 7) is 10.0. The van der Waals surface area contributed by atoms with Gasteiger partial charge in [0.15, 0.2) is 0 Å². The molecule has 1 N–H and O–H groups in total. The van der Waals surface area contributed by atoms with Crippen molar-refractivity contribution in [3.8, 4) is 0 Å². The molecule has 0 saturated heterocycles. The number of rotatable bonds is 1. The first-order valence-electron chi connectivity index (χ1n) is 5.20. The Bertz CT molecular complexity index is 202. The second kappa shape index (κ2) is 7.32. The van der Waals surface area contributed by atoms with E-state index < -0.39 is 5.60 Å². The summed E-state index contributed by atoms with van der Waals surface area (Å²) in [5.41, 5.74) is -0.519. The summed E-state index contributed by atoms with van der Waals surface area (Å²) >= 11 is 0. The third-order valence-electron chi connectivity index (χ3n) is 2.86. The van der Waals surface area contributed by atoms with Gasteiger partial charge in [0, 0.05) is 21.7 Å². The van der Waals surface area contributed by atoms with Gasteiger partial charge in [-0.05, 0) is 18.8 Å². The summed E-state index contributed by atoms with van der Waals surface area (Å²) in [7, 11) is 0. The van der Waals surface area contributed by atoms with Crippen molar-refractivity contribution in [2.24, 2.45) is 5.41 Å². The van der Waals surface area contributed by atoms with Crippen LogP contribution in [0.5, 0.6) is 0 Å². The fourth-order valence-corrected chi connectivity index (χ4v) is 0.851. The normalized spacial score (nSPS) is 14.3. The molecule has 1 rings (SSSR count). The largest absolute Gasteiger partial charge is 0.390 e. The molecule has 0 spiro atoms. The molecule has 0 aliphatic heterocycles. The van der Waals surface area contributed by atoms with Crippen LogP contribution in [0.1, 0.15) is 41.0 Å². The van der Waals surface area contributed by atoms with Crippen LogP contribution in [0.25, 0.3) is 0 Å². The first-order chi connectivity index (χ1) is 6.31. The molecule has 1 unspecified atom stereocenters. The standard InChI is InChI=1S/C8H18O.C5H5.Ti/c1-6-8(5,9)7(2,3)4;1-2-4-5-3-1;/h9H,6H2,1-5H3;1-5H;/q;-1;. The fourth-order valence-electron chi connectivity index (χ4n) is 0.851. The van der Waals surface area contributed by atoms with Crippen molar-refractivity contribution in [1.29, 1.82) is 0 Å². The zero-order valence-electron chi connectivity index (χ0n) is 10.5. The number of aliphatic hydroxyl groups is 1. The molecule has 0 fully saturated rings. The van der Waals surface area contributed by atoms with Crippen LogP contribution < -0.4 is 0 Å². The number of hydrogen-bond donors (Lipinski definition) is 1. The molecule has 0 heterocycles. The SMILES string of the molecule is CCC(C)(O)C(C)(C)C.[Ti].c1cc[cH-]c1. The zero-order chi connectivity index (χ0) is 11.2. The number of hydrogen-bond acceptors (Lipinski definition) is 1. The first-order valence-corrected chi connectivity index (χ1v) is 5.20. The molecule has 0 radical (unpaired) electrons. The summed E-state index contributed by atoms with van der Waals surface area (Å²) in [6.07, 6.45) is 0.816. The minimum absolute atomic E-state index is 0. The monoisotopic (exact) mass is 243 g/mol.